The summed E-state index contributed by atoms with van der Waals surface area (Å²) in [4.78, 5) is 29.2. The molecule has 0 N–H and O–H groups in total. The Balaban J connectivity index is 1.26. The minimum atomic E-state index is -0.198. The number of halogens is 1. The number of hydrogen-bond donors (Lipinski definition) is 0. The molecule has 1 aromatic carbocycles. The molecule has 0 unspecified atom stereocenters. The Kier molecular flexibility index (Phi) is 5.44. The van der Waals surface area contributed by atoms with E-state index in [9.17, 15) is 9.18 Å². The second-order valence-electron chi connectivity index (χ2n) is 8.91. The fourth-order valence-corrected chi connectivity index (χ4v) is 5.13. The fourth-order valence-electron chi connectivity index (χ4n) is 5.13. The van der Waals surface area contributed by atoms with E-state index in [0.29, 0.717) is 47.4 Å². The van der Waals surface area contributed by atoms with E-state index in [2.05, 4.69) is 14.9 Å². The standard InChI is InChI=1S/C25H26FN7O2/c1-2-32-25(34)31(14-13-30-11-9-18(10-12-30)17-5-7-19(26)8-6-17)24-29-23-22(33(24)32)21(27-16-28-23)20-4-3-15-35-20/h3-8,15-16,18H,2,9-14H2,1H3. The van der Waals surface area contributed by atoms with Crippen LogP contribution in [-0.2, 0) is 13.1 Å². The highest BCUT2D eigenvalue weighted by Gasteiger charge is 2.24. The lowest BCUT2D eigenvalue weighted by molar-refractivity contribution is 0.205. The van der Waals surface area contributed by atoms with Crippen LogP contribution < -0.4 is 5.69 Å². The van der Waals surface area contributed by atoms with Crippen molar-refractivity contribution in [2.75, 3.05) is 19.6 Å². The smallest absolute Gasteiger partial charge is 0.346 e. The zero-order valence-electron chi connectivity index (χ0n) is 19.5. The molecule has 10 heteroatoms. The highest BCUT2D eigenvalue weighted by Crippen LogP contribution is 2.29. The van der Waals surface area contributed by atoms with Crippen molar-refractivity contribution >= 4 is 16.9 Å². The molecular formula is C25H26FN7O2. The summed E-state index contributed by atoms with van der Waals surface area (Å²) in [6.45, 7) is 5.58. The lowest BCUT2D eigenvalue weighted by Gasteiger charge is -2.32. The van der Waals surface area contributed by atoms with Gasteiger partial charge in [-0.15, -0.1) is 0 Å². The van der Waals surface area contributed by atoms with E-state index < -0.39 is 0 Å². The number of hydrogen-bond acceptors (Lipinski definition) is 6. The number of benzene rings is 1. The minimum absolute atomic E-state index is 0.104. The molecule has 180 valence electrons. The van der Waals surface area contributed by atoms with Crippen molar-refractivity contribution in [2.24, 2.45) is 0 Å². The summed E-state index contributed by atoms with van der Waals surface area (Å²) in [7, 11) is 0. The van der Waals surface area contributed by atoms with Gasteiger partial charge >= 0.3 is 5.69 Å². The molecule has 0 bridgehead atoms. The second kappa shape index (κ2) is 8.77. The molecule has 0 spiro atoms. The largest absolute Gasteiger partial charge is 0.463 e. The van der Waals surface area contributed by atoms with E-state index in [4.69, 9.17) is 9.40 Å². The van der Waals surface area contributed by atoms with Gasteiger partial charge < -0.3 is 9.32 Å². The number of nitrogens with zero attached hydrogens (tertiary/aromatic N) is 7. The third-order valence-corrected chi connectivity index (χ3v) is 6.97. The summed E-state index contributed by atoms with van der Waals surface area (Å²) in [6, 6.07) is 10.5. The number of aryl methyl sites for hydroxylation is 1. The van der Waals surface area contributed by atoms with Gasteiger partial charge in [-0.05, 0) is 68.6 Å². The Morgan fingerprint density at radius 2 is 1.89 bits per heavy atom. The van der Waals surface area contributed by atoms with E-state index in [1.54, 1.807) is 21.6 Å². The van der Waals surface area contributed by atoms with Gasteiger partial charge in [-0.25, -0.2) is 28.4 Å². The number of likely N-dealkylation sites (tertiary alicyclic amines) is 1. The van der Waals surface area contributed by atoms with Gasteiger partial charge in [-0.1, -0.05) is 12.1 Å². The van der Waals surface area contributed by atoms with Gasteiger partial charge in [0.2, 0.25) is 5.78 Å². The molecular weight excluding hydrogens is 449 g/mol. The molecule has 0 saturated carbocycles. The van der Waals surface area contributed by atoms with Crippen molar-refractivity contribution in [3.05, 3.63) is 70.9 Å². The van der Waals surface area contributed by atoms with E-state index in [1.165, 1.54) is 24.0 Å². The first-order valence-corrected chi connectivity index (χ1v) is 12.0. The molecule has 1 saturated heterocycles. The summed E-state index contributed by atoms with van der Waals surface area (Å²) >= 11 is 0. The van der Waals surface area contributed by atoms with Crippen LogP contribution >= 0.6 is 0 Å². The van der Waals surface area contributed by atoms with E-state index in [1.807, 2.05) is 29.6 Å². The first-order chi connectivity index (χ1) is 17.1. The molecule has 0 radical (unpaired) electrons. The van der Waals surface area contributed by atoms with Gasteiger partial charge in [0.25, 0.3) is 0 Å². The molecule has 1 aliphatic heterocycles. The van der Waals surface area contributed by atoms with Crippen LogP contribution in [0.15, 0.2) is 58.2 Å². The topological polar surface area (TPSA) is 86.4 Å². The lowest BCUT2D eigenvalue weighted by Crippen LogP contribution is -2.37. The van der Waals surface area contributed by atoms with Crippen molar-refractivity contribution in [1.82, 2.24) is 33.6 Å². The number of aromatic nitrogens is 6. The van der Waals surface area contributed by atoms with Crippen LogP contribution in [0, 0.1) is 5.82 Å². The zero-order valence-corrected chi connectivity index (χ0v) is 19.5. The predicted molar refractivity (Wildman–Crippen MR) is 129 cm³/mol. The Morgan fingerprint density at radius 1 is 1.09 bits per heavy atom. The molecule has 4 aromatic heterocycles. The lowest BCUT2D eigenvalue weighted by atomic mass is 9.89. The van der Waals surface area contributed by atoms with Crippen molar-refractivity contribution in [1.29, 1.82) is 0 Å². The number of fused-ring (bicyclic) bond motifs is 3. The Hall–Kier alpha value is -3.79. The summed E-state index contributed by atoms with van der Waals surface area (Å²) in [5.41, 5.74) is 2.89. The maximum absolute atomic E-state index is 13.3. The monoisotopic (exact) mass is 475 g/mol. The van der Waals surface area contributed by atoms with E-state index in [0.717, 1.165) is 32.5 Å². The summed E-state index contributed by atoms with van der Waals surface area (Å²) < 4.78 is 24.0. The number of rotatable bonds is 6. The molecule has 5 heterocycles. The third-order valence-electron chi connectivity index (χ3n) is 6.97. The van der Waals surface area contributed by atoms with E-state index in [-0.39, 0.29) is 11.5 Å². The molecule has 0 amide bonds. The first kappa shape index (κ1) is 21.7. The normalized spacial score (nSPS) is 15.5. The maximum atomic E-state index is 13.3. The van der Waals surface area contributed by atoms with Crippen molar-refractivity contribution < 1.29 is 8.81 Å². The van der Waals surface area contributed by atoms with Gasteiger partial charge in [-0.3, -0.25) is 4.57 Å². The third kappa shape index (κ3) is 3.74. The summed E-state index contributed by atoms with van der Waals surface area (Å²) in [6.07, 6.45) is 5.10. The number of furan rings is 1. The summed E-state index contributed by atoms with van der Waals surface area (Å²) in [5, 5.41) is 0. The van der Waals surface area contributed by atoms with Crippen LogP contribution in [0.4, 0.5) is 4.39 Å². The average molecular weight is 476 g/mol. The predicted octanol–water partition coefficient (Wildman–Crippen LogP) is 3.54. The molecule has 6 rings (SSSR count). The molecule has 35 heavy (non-hydrogen) atoms. The van der Waals surface area contributed by atoms with E-state index >= 15 is 0 Å². The van der Waals surface area contributed by atoms with Crippen molar-refractivity contribution in [3.63, 3.8) is 0 Å². The zero-order chi connectivity index (χ0) is 23.9. The maximum Gasteiger partial charge on any atom is 0.346 e. The Labute approximate surface area is 200 Å². The molecule has 9 nitrogen and oxygen atoms in total. The van der Waals surface area contributed by atoms with Crippen LogP contribution in [-0.4, -0.2) is 53.3 Å². The second-order valence-corrected chi connectivity index (χ2v) is 8.91. The van der Waals surface area contributed by atoms with Crippen molar-refractivity contribution in [3.8, 4) is 11.5 Å². The Bertz CT molecular complexity index is 1520. The molecule has 1 aliphatic rings. The number of piperidine rings is 1. The van der Waals surface area contributed by atoms with Crippen LogP contribution in [0.5, 0.6) is 0 Å². The fraction of sp³-hybridized carbons (Fsp3) is 0.360. The highest BCUT2D eigenvalue weighted by molar-refractivity contribution is 5.87. The van der Waals surface area contributed by atoms with Crippen LogP contribution in [0.1, 0.15) is 31.2 Å². The van der Waals surface area contributed by atoms with Crippen LogP contribution in [0.25, 0.3) is 28.4 Å². The van der Waals surface area contributed by atoms with Crippen molar-refractivity contribution in [2.45, 2.75) is 38.8 Å². The molecule has 5 aromatic rings. The van der Waals surface area contributed by atoms with Gasteiger partial charge in [0, 0.05) is 19.6 Å². The number of imidazole rings is 1. The summed E-state index contributed by atoms with van der Waals surface area (Å²) in [5.74, 6) is 1.40. The molecule has 0 atom stereocenters. The van der Waals surface area contributed by atoms with Crippen LogP contribution in [0.2, 0.25) is 0 Å². The average Bonchev–Trinajstić information content (AvgIpc) is 3.59. The minimum Gasteiger partial charge on any atom is -0.463 e. The Morgan fingerprint density at radius 3 is 2.60 bits per heavy atom. The SMILES string of the molecule is CCn1c(=O)n(CCN2CCC(c3ccc(F)cc3)CC2)c2nc3ncnc(-c4ccco4)c3n21. The van der Waals surface area contributed by atoms with Gasteiger partial charge in [0.05, 0.1) is 6.26 Å². The first-order valence-electron chi connectivity index (χ1n) is 12.0. The molecule has 1 fully saturated rings. The highest BCUT2D eigenvalue weighted by atomic mass is 19.1. The van der Waals surface area contributed by atoms with Crippen LogP contribution in [0.3, 0.4) is 0 Å². The van der Waals surface area contributed by atoms with Gasteiger partial charge in [-0.2, -0.15) is 4.98 Å². The van der Waals surface area contributed by atoms with Gasteiger partial charge in [0.1, 0.15) is 23.4 Å². The quantitative estimate of drug-likeness (QED) is 0.373. The molecule has 0 aliphatic carbocycles. The van der Waals surface area contributed by atoms with Gasteiger partial charge in [0.15, 0.2) is 11.4 Å².